The molecule has 24 heavy (non-hydrogen) atoms. The zero-order valence-electron chi connectivity index (χ0n) is 13.2. The number of hydrogen-bond acceptors (Lipinski definition) is 4. The molecule has 0 spiro atoms. The summed E-state index contributed by atoms with van der Waals surface area (Å²) in [6.07, 6.45) is 6.76. The number of hydrogen-bond donors (Lipinski definition) is 0. The van der Waals surface area contributed by atoms with Crippen molar-refractivity contribution in [3.63, 3.8) is 0 Å². The van der Waals surface area contributed by atoms with E-state index in [1.54, 1.807) is 25.1 Å². The summed E-state index contributed by atoms with van der Waals surface area (Å²) in [6, 6.07) is 14.0. The second kappa shape index (κ2) is 8.43. The van der Waals surface area contributed by atoms with Gasteiger partial charge in [-0.15, -0.1) is 0 Å². The standard InChI is InChI=1S/C19H17NO4/c1-2-24-19(21)13-12-16-8-6-15(7-9-16)10-11-17-4-3-5-18(14-17)20(22)23/h3-14H,2H2,1H3/b11-10+,13-12+. The number of nitro groups is 1. The van der Waals surface area contributed by atoms with Gasteiger partial charge in [-0.05, 0) is 29.7 Å². The maximum atomic E-state index is 11.2. The Labute approximate surface area is 140 Å². The Balaban J connectivity index is 2.04. The first-order chi connectivity index (χ1) is 11.6. The van der Waals surface area contributed by atoms with E-state index >= 15 is 0 Å². The third-order valence-corrected chi connectivity index (χ3v) is 3.18. The molecule has 0 aliphatic rings. The summed E-state index contributed by atoms with van der Waals surface area (Å²) in [6.45, 7) is 2.11. The molecular weight excluding hydrogens is 306 g/mol. The molecule has 0 N–H and O–H groups in total. The van der Waals surface area contributed by atoms with Crippen LogP contribution in [0.1, 0.15) is 23.6 Å². The van der Waals surface area contributed by atoms with Gasteiger partial charge in [-0.25, -0.2) is 4.79 Å². The predicted octanol–water partition coefficient (Wildman–Crippen LogP) is 4.34. The molecule has 5 heteroatoms. The van der Waals surface area contributed by atoms with E-state index in [0.29, 0.717) is 6.61 Å². The lowest BCUT2D eigenvalue weighted by molar-refractivity contribution is -0.384. The monoisotopic (exact) mass is 323 g/mol. The molecule has 122 valence electrons. The van der Waals surface area contributed by atoms with Crippen molar-refractivity contribution in [3.8, 4) is 0 Å². The highest BCUT2D eigenvalue weighted by atomic mass is 16.6. The van der Waals surface area contributed by atoms with Crippen LogP contribution in [0.2, 0.25) is 0 Å². The average molecular weight is 323 g/mol. The minimum Gasteiger partial charge on any atom is -0.463 e. The zero-order valence-corrected chi connectivity index (χ0v) is 13.2. The number of carbonyl (C=O) groups excluding carboxylic acids is 1. The topological polar surface area (TPSA) is 69.4 Å². The summed E-state index contributed by atoms with van der Waals surface area (Å²) in [4.78, 5) is 21.6. The molecule has 0 atom stereocenters. The second-order valence-electron chi connectivity index (χ2n) is 4.94. The van der Waals surface area contributed by atoms with Crippen LogP contribution in [0.25, 0.3) is 18.2 Å². The van der Waals surface area contributed by atoms with Crippen LogP contribution in [0, 0.1) is 10.1 Å². The van der Waals surface area contributed by atoms with E-state index in [1.807, 2.05) is 36.4 Å². The van der Waals surface area contributed by atoms with Crippen LogP contribution in [0.15, 0.2) is 54.6 Å². The van der Waals surface area contributed by atoms with E-state index in [4.69, 9.17) is 4.74 Å². The third kappa shape index (κ3) is 5.21. The Morgan fingerprint density at radius 2 is 1.67 bits per heavy atom. The van der Waals surface area contributed by atoms with Gasteiger partial charge in [0.15, 0.2) is 0 Å². The van der Waals surface area contributed by atoms with Crippen LogP contribution in [0.5, 0.6) is 0 Å². The van der Waals surface area contributed by atoms with Crippen molar-refractivity contribution < 1.29 is 14.5 Å². The number of carbonyl (C=O) groups is 1. The molecule has 2 aromatic carbocycles. The maximum Gasteiger partial charge on any atom is 0.330 e. The van der Waals surface area contributed by atoms with Crippen LogP contribution in [-0.4, -0.2) is 17.5 Å². The fourth-order valence-corrected chi connectivity index (χ4v) is 2.01. The highest BCUT2D eigenvalue weighted by Gasteiger charge is 2.03. The predicted molar refractivity (Wildman–Crippen MR) is 94.1 cm³/mol. The number of nitro benzene ring substituents is 1. The Hall–Kier alpha value is -3.21. The molecule has 0 saturated heterocycles. The van der Waals surface area contributed by atoms with E-state index in [-0.39, 0.29) is 11.7 Å². The number of benzene rings is 2. The van der Waals surface area contributed by atoms with Gasteiger partial charge in [0.1, 0.15) is 0 Å². The minimum absolute atomic E-state index is 0.0663. The molecule has 0 heterocycles. The highest BCUT2D eigenvalue weighted by molar-refractivity contribution is 5.87. The van der Waals surface area contributed by atoms with Crippen molar-refractivity contribution in [2.75, 3.05) is 6.61 Å². The van der Waals surface area contributed by atoms with Crippen molar-refractivity contribution in [1.29, 1.82) is 0 Å². The van der Waals surface area contributed by atoms with Crippen molar-refractivity contribution in [2.45, 2.75) is 6.92 Å². The zero-order chi connectivity index (χ0) is 17.4. The molecular formula is C19H17NO4. The van der Waals surface area contributed by atoms with Gasteiger partial charge in [0.25, 0.3) is 5.69 Å². The van der Waals surface area contributed by atoms with Crippen molar-refractivity contribution in [2.24, 2.45) is 0 Å². The van der Waals surface area contributed by atoms with E-state index in [9.17, 15) is 14.9 Å². The van der Waals surface area contributed by atoms with Crippen LogP contribution in [0.3, 0.4) is 0 Å². The molecule has 0 saturated carbocycles. The van der Waals surface area contributed by atoms with Crippen LogP contribution < -0.4 is 0 Å². The molecule has 0 bridgehead atoms. The summed E-state index contributed by atoms with van der Waals surface area (Å²) in [5.41, 5.74) is 2.66. The maximum absolute atomic E-state index is 11.2. The second-order valence-corrected chi connectivity index (χ2v) is 4.94. The Morgan fingerprint density at radius 3 is 2.29 bits per heavy atom. The summed E-state index contributed by atoms with van der Waals surface area (Å²) in [5, 5.41) is 10.8. The Kier molecular flexibility index (Phi) is 6.02. The van der Waals surface area contributed by atoms with Gasteiger partial charge in [-0.3, -0.25) is 10.1 Å². The van der Waals surface area contributed by atoms with E-state index < -0.39 is 4.92 Å². The fraction of sp³-hybridized carbons (Fsp3) is 0.105. The SMILES string of the molecule is CCOC(=O)/C=C/c1ccc(/C=C/c2cccc([N+](=O)[O-])c2)cc1. The van der Waals surface area contributed by atoms with Crippen molar-refractivity contribution in [1.82, 2.24) is 0 Å². The van der Waals surface area contributed by atoms with Crippen molar-refractivity contribution >= 4 is 29.9 Å². The van der Waals surface area contributed by atoms with E-state index in [0.717, 1.165) is 16.7 Å². The van der Waals surface area contributed by atoms with Crippen LogP contribution in [-0.2, 0) is 9.53 Å². The van der Waals surface area contributed by atoms with Crippen molar-refractivity contribution in [3.05, 3.63) is 81.4 Å². The lowest BCUT2D eigenvalue weighted by atomic mass is 10.1. The lowest BCUT2D eigenvalue weighted by Crippen LogP contribution is -1.98. The number of esters is 1. The van der Waals surface area contributed by atoms with Crippen LogP contribution >= 0.6 is 0 Å². The molecule has 2 rings (SSSR count). The molecule has 0 amide bonds. The van der Waals surface area contributed by atoms with Gasteiger partial charge in [0.2, 0.25) is 0 Å². The highest BCUT2D eigenvalue weighted by Crippen LogP contribution is 2.16. The number of non-ortho nitro benzene ring substituents is 1. The lowest BCUT2D eigenvalue weighted by Gasteiger charge is -1.98. The van der Waals surface area contributed by atoms with E-state index in [1.165, 1.54) is 18.2 Å². The molecule has 0 radical (unpaired) electrons. The van der Waals surface area contributed by atoms with E-state index in [2.05, 4.69) is 0 Å². The molecule has 5 nitrogen and oxygen atoms in total. The summed E-state index contributed by atoms with van der Waals surface area (Å²) < 4.78 is 4.82. The van der Waals surface area contributed by atoms with Crippen LogP contribution in [0.4, 0.5) is 5.69 Å². The smallest absolute Gasteiger partial charge is 0.330 e. The summed E-state index contributed by atoms with van der Waals surface area (Å²) in [7, 11) is 0. The molecule has 0 fully saturated rings. The van der Waals surface area contributed by atoms with Gasteiger partial charge in [-0.1, -0.05) is 48.6 Å². The van der Waals surface area contributed by atoms with Gasteiger partial charge < -0.3 is 4.74 Å². The third-order valence-electron chi connectivity index (χ3n) is 3.18. The molecule has 0 unspecified atom stereocenters. The molecule has 2 aromatic rings. The Morgan fingerprint density at radius 1 is 1.04 bits per heavy atom. The molecule has 0 aliphatic carbocycles. The minimum atomic E-state index is -0.415. The average Bonchev–Trinajstić information content (AvgIpc) is 2.59. The molecule has 0 aromatic heterocycles. The quantitative estimate of drug-likeness (QED) is 0.261. The van der Waals surface area contributed by atoms with Gasteiger partial charge in [0.05, 0.1) is 11.5 Å². The first-order valence-electron chi connectivity index (χ1n) is 7.46. The van der Waals surface area contributed by atoms with Gasteiger partial charge >= 0.3 is 5.97 Å². The first kappa shape index (κ1) is 17.1. The number of nitrogens with zero attached hydrogens (tertiary/aromatic N) is 1. The van der Waals surface area contributed by atoms with Gasteiger partial charge in [-0.2, -0.15) is 0 Å². The Bertz CT molecular complexity index is 776. The summed E-state index contributed by atoms with van der Waals surface area (Å²) >= 11 is 0. The molecule has 0 aliphatic heterocycles. The largest absolute Gasteiger partial charge is 0.463 e. The normalized spacial score (nSPS) is 11.0. The number of rotatable bonds is 6. The van der Waals surface area contributed by atoms with Gasteiger partial charge in [0, 0.05) is 18.2 Å². The number of ether oxygens (including phenoxy) is 1. The first-order valence-corrected chi connectivity index (χ1v) is 7.46. The summed E-state index contributed by atoms with van der Waals surface area (Å²) in [5.74, 6) is -0.368. The fourth-order valence-electron chi connectivity index (χ4n) is 2.01.